The van der Waals surface area contributed by atoms with Crippen molar-refractivity contribution >= 4 is 22.9 Å². The van der Waals surface area contributed by atoms with Gasteiger partial charge in [-0.3, -0.25) is 0 Å². The highest BCUT2D eigenvalue weighted by molar-refractivity contribution is 7.10. The van der Waals surface area contributed by atoms with E-state index in [0.717, 1.165) is 24.1 Å². The Labute approximate surface area is 119 Å². The summed E-state index contributed by atoms with van der Waals surface area (Å²) in [5, 5.41) is 6.54. The van der Waals surface area contributed by atoms with Crippen LogP contribution in [0.5, 0.6) is 0 Å². The van der Waals surface area contributed by atoms with E-state index in [4.69, 9.17) is 16.3 Å². The second-order valence-electron chi connectivity index (χ2n) is 4.89. The van der Waals surface area contributed by atoms with E-state index in [9.17, 15) is 0 Å². The van der Waals surface area contributed by atoms with Gasteiger partial charge in [0.05, 0.1) is 11.1 Å². The summed E-state index contributed by atoms with van der Waals surface area (Å²) in [6.07, 6.45) is 4.09. The largest absolute Gasteiger partial charge is 0.378 e. The van der Waals surface area contributed by atoms with Gasteiger partial charge in [-0.05, 0) is 50.1 Å². The molecule has 1 N–H and O–H groups in total. The van der Waals surface area contributed by atoms with Crippen LogP contribution in [0.4, 0.5) is 0 Å². The first kappa shape index (κ1) is 14.3. The zero-order valence-electron chi connectivity index (χ0n) is 11.1. The van der Waals surface area contributed by atoms with Crippen molar-refractivity contribution < 1.29 is 4.74 Å². The van der Waals surface area contributed by atoms with Gasteiger partial charge >= 0.3 is 0 Å². The summed E-state index contributed by atoms with van der Waals surface area (Å²) in [7, 11) is 0. The van der Waals surface area contributed by atoms with Crippen LogP contribution in [0.3, 0.4) is 0 Å². The van der Waals surface area contributed by atoms with E-state index in [1.54, 1.807) is 11.3 Å². The molecule has 0 spiro atoms. The summed E-state index contributed by atoms with van der Waals surface area (Å²) in [5.41, 5.74) is 0. The van der Waals surface area contributed by atoms with Crippen LogP contribution in [0.15, 0.2) is 11.4 Å². The molecule has 0 saturated heterocycles. The summed E-state index contributed by atoms with van der Waals surface area (Å²) in [5.74, 6) is 0.781. The summed E-state index contributed by atoms with van der Waals surface area (Å²) in [6.45, 7) is 6.05. The molecule has 2 rings (SSSR count). The average molecular weight is 288 g/mol. The summed E-state index contributed by atoms with van der Waals surface area (Å²) >= 11 is 8.00. The molecule has 4 heteroatoms. The number of hydrogen-bond acceptors (Lipinski definition) is 3. The van der Waals surface area contributed by atoms with Crippen LogP contribution in [0, 0.1) is 5.92 Å². The van der Waals surface area contributed by atoms with E-state index in [1.807, 2.05) is 6.07 Å². The highest BCUT2D eigenvalue weighted by Crippen LogP contribution is 2.39. The van der Waals surface area contributed by atoms with Gasteiger partial charge in [0, 0.05) is 17.5 Å². The van der Waals surface area contributed by atoms with Crippen molar-refractivity contribution in [2.75, 3.05) is 13.2 Å². The lowest BCUT2D eigenvalue weighted by Gasteiger charge is -2.37. The van der Waals surface area contributed by atoms with Crippen LogP contribution in [0.25, 0.3) is 0 Å². The van der Waals surface area contributed by atoms with E-state index in [2.05, 4.69) is 24.5 Å². The molecule has 0 radical (unpaired) electrons. The fourth-order valence-corrected chi connectivity index (χ4v) is 3.93. The van der Waals surface area contributed by atoms with Crippen LogP contribution in [0.2, 0.25) is 5.02 Å². The van der Waals surface area contributed by atoms with Gasteiger partial charge in [0.1, 0.15) is 0 Å². The molecule has 1 saturated carbocycles. The Kier molecular flexibility index (Phi) is 5.49. The Morgan fingerprint density at radius 2 is 2.28 bits per heavy atom. The van der Waals surface area contributed by atoms with E-state index < -0.39 is 0 Å². The molecule has 1 atom stereocenters. The maximum absolute atomic E-state index is 6.24. The van der Waals surface area contributed by atoms with E-state index in [-0.39, 0.29) is 0 Å². The molecule has 0 aromatic carbocycles. The third-order valence-corrected chi connectivity index (χ3v) is 5.05. The Morgan fingerprint density at radius 3 is 2.83 bits per heavy atom. The lowest BCUT2D eigenvalue weighted by Crippen LogP contribution is -2.34. The molecule has 18 heavy (non-hydrogen) atoms. The standard InChI is InChI=1S/C14H22ClNOS/c1-3-16-13(14-12(15)5-6-18-14)9-10-7-11(8-10)17-4-2/h5-6,10-11,13,16H,3-4,7-9H2,1-2H3. The van der Waals surface area contributed by atoms with Gasteiger partial charge in [0.25, 0.3) is 0 Å². The Bertz CT molecular complexity index is 362. The highest BCUT2D eigenvalue weighted by Gasteiger charge is 2.32. The molecular formula is C14H22ClNOS. The van der Waals surface area contributed by atoms with Gasteiger partial charge in [-0.2, -0.15) is 0 Å². The van der Waals surface area contributed by atoms with E-state index in [0.29, 0.717) is 12.1 Å². The van der Waals surface area contributed by atoms with Crippen LogP contribution in [-0.4, -0.2) is 19.3 Å². The van der Waals surface area contributed by atoms with Crippen molar-refractivity contribution in [3.63, 3.8) is 0 Å². The molecule has 0 amide bonds. The lowest BCUT2D eigenvalue weighted by molar-refractivity contribution is -0.0290. The van der Waals surface area contributed by atoms with Crippen molar-refractivity contribution in [3.8, 4) is 0 Å². The number of ether oxygens (including phenoxy) is 1. The smallest absolute Gasteiger partial charge is 0.0580 e. The van der Waals surface area contributed by atoms with E-state index in [1.165, 1.54) is 24.1 Å². The zero-order chi connectivity index (χ0) is 13.0. The van der Waals surface area contributed by atoms with Crippen molar-refractivity contribution in [1.82, 2.24) is 5.32 Å². The van der Waals surface area contributed by atoms with Crippen molar-refractivity contribution in [2.24, 2.45) is 5.92 Å². The van der Waals surface area contributed by atoms with Gasteiger partial charge < -0.3 is 10.1 Å². The average Bonchev–Trinajstić information content (AvgIpc) is 2.71. The van der Waals surface area contributed by atoms with Crippen molar-refractivity contribution in [3.05, 3.63) is 21.3 Å². The molecule has 1 aromatic heterocycles. The highest BCUT2D eigenvalue weighted by atomic mass is 35.5. The molecule has 0 aliphatic heterocycles. The van der Waals surface area contributed by atoms with Gasteiger partial charge in [0.15, 0.2) is 0 Å². The maximum atomic E-state index is 6.24. The Hall–Kier alpha value is -0.0900. The Balaban J connectivity index is 1.87. The molecular weight excluding hydrogens is 266 g/mol. The molecule has 102 valence electrons. The van der Waals surface area contributed by atoms with Gasteiger partial charge in [-0.25, -0.2) is 0 Å². The fraction of sp³-hybridized carbons (Fsp3) is 0.714. The number of halogens is 1. The molecule has 1 aromatic rings. The van der Waals surface area contributed by atoms with Gasteiger partial charge in [-0.1, -0.05) is 18.5 Å². The number of rotatable bonds is 7. The number of hydrogen-bond donors (Lipinski definition) is 1. The molecule has 1 aliphatic rings. The predicted octanol–water partition coefficient (Wildman–Crippen LogP) is 4.26. The predicted molar refractivity (Wildman–Crippen MR) is 78.5 cm³/mol. The number of thiophene rings is 1. The molecule has 0 bridgehead atoms. The minimum atomic E-state index is 0.412. The van der Waals surface area contributed by atoms with E-state index >= 15 is 0 Å². The van der Waals surface area contributed by atoms with Gasteiger partial charge in [0.2, 0.25) is 0 Å². The first-order chi connectivity index (χ1) is 8.74. The lowest BCUT2D eigenvalue weighted by atomic mass is 9.78. The quantitative estimate of drug-likeness (QED) is 0.809. The molecule has 2 nitrogen and oxygen atoms in total. The van der Waals surface area contributed by atoms with Crippen LogP contribution >= 0.6 is 22.9 Å². The summed E-state index contributed by atoms with van der Waals surface area (Å²) in [6, 6.07) is 2.41. The summed E-state index contributed by atoms with van der Waals surface area (Å²) < 4.78 is 5.62. The Morgan fingerprint density at radius 1 is 1.50 bits per heavy atom. The SMILES string of the molecule is CCNC(CC1CC(OCC)C1)c1sccc1Cl. The molecule has 1 heterocycles. The molecule has 1 unspecified atom stereocenters. The second-order valence-corrected chi connectivity index (χ2v) is 6.25. The van der Waals surface area contributed by atoms with Crippen LogP contribution < -0.4 is 5.32 Å². The first-order valence-electron chi connectivity index (χ1n) is 6.82. The minimum Gasteiger partial charge on any atom is -0.378 e. The summed E-state index contributed by atoms with van der Waals surface area (Å²) in [4.78, 5) is 1.29. The third-order valence-electron chi connectivity index (χ3n) is 3.58. The topological polar surface area (TPSA) is 21.3 Å². The first-order valence-corrected chi connectivity index (χ1v) is 8.08. The minimum absolute atomic E-state index is 0.412. The number of nitrogens with one attached hydrogen (secondary N) is 1. The normalized spacial score (nSPS) is 24.8. The van der Waals surface area contributed by atoms with Crippen LogP contribution in [-0.2, 0) is 4.74 Å². The monoisotopic (exact) mass is 287 g/mol. The third kappa shape index (κ3) is 3.47. The fourth-order valence-electron chi connectivity index (χ4n) is 2.66. The second kappa shape index (κ2) is 6.90. The molecule has 1 aliphatic carbocycles. The maximum Gasteiger partial charge on any atom is 0.0580 e. The molecule has 1 fully saturated rings. The van der Waals surface area contributed by atoms with Crippen molar-refractivity contribution in [1.29, 1.82) is 0 Å². The van der Waals surface area contributed by atoms with Crippen LogP contribution in [0.1, 0.15) is 44.0 Å². The van der Waals surface area contributed by atoms with Gasteiger partial charge in [-0.15, -0.1) is 11.3 Å². The zero-order valence-corrected chi connectivity index (χ0v) is 12.7. The van der Waals surface area contributed by atoms with Crippen molar-refractivity contribution in [2.45, 2.75) is 45.3 Å².